The molecule has 2 saturated heterocycles. The highest BCUT2D eigenvalue weighted by Crippen LogP contribution is 2.32. The molecule has 15 heavy (non-hydrogen) atoms. The fourth-order valence-electron chi connectivity index (χ4n) is 2.21. The fourth-order valence-corrected chi connectivity index (χ4v) is 3.46. The number of hydrogen-bond acceptors (Lipinski definition) is 4. The minimum atomic E-state index is -0.883. The molecule has 0 radical (unpaired) electrons. The second kappa shape index (κ2) is 4.31. The number of carboxylic acid groups (broad SMARTS) is 1. The van der Waals surface area contributed by atoms with Crippen LogP contribution in [0.3, 0.4) is 0 Å². The van der Waals surface area contributed by atoms with E-state index in [1.165, 1.54) is 17.9 Å². The van der Waals surface area contributed by atoms with Crippen molar-refractivity contribution in [2.24, 2.45) is 0 Å². The van der Waals surface area contributed by atoms with Crippen LogP contribution in [0.15, 0.2) is 0 Å². The predicted octanol–water partition coefficient (Wildman–Crippen LogP) is 0.667. The number of carboxylic acids is 1. The van der Waals surface area contributed by atoms with E-state index in [1.807, 2.05) is 18.7 Å². The van der Waals surface area contributed by atoms with Crippen LogP contribution in [0.25, 0.3) is 0 Å². The van der Waals surface area contributed by atoms with Gasteiger partial charge in [-0.3, -0.25) is 4.90 Å². The Hall–Kier alpha value is -0.260. The van der Waals surface area contributed by atoms with Gasteiger partial charge >= 0.3 is 5.97 Å². The van der Waals surface area contributed by atoms with Crippen molar-refractivity contribution < 1.29 is 14.6 Å². The van der Waals surface area contributed by atoms with Gasteiger partial charge in [0.25, 0.3) is 0 Å². The van der Waals surface area contributed by atoms with Crippen LogP contribution in [0.5, 0.6) is 0 Å². The minimum Gasteiger partial charge on any atom is -0.480 e. The molecule has 2 fully saturated rings. The number of ether oxygens (including phenoxy) is 1. The molecule has 0 spiro atoms. The number of nitrogens with zero attached hydrogens (tertiary/aromatic N) is 1. The molecule has 4 nitrogen and oxygen atoms in total. The number of carbonyl (C=O) groups is 1. The average Bonchev–Trinajstić information content (AvgIpc) is 2.62. The lowest BCUT2D eigenvalue weighted by Crippen LogP contribution is -2.64. The SMILES string of the molecule is CC1(OCC(=O)O)CN(C2CCSC2)C1. The molecular formula is C10H17NO3S. The van der Waals surface area contributed by atoms with Gasteiger partial charge in [-0.05, 0) is 19.1 Å². The molecule has 0 aliphatic carbocycles. The van der Waals surface area contributed by atoms with Crippen molar-refractivity contribution in [1.82, 2.24) is 4.90 Å². The molecule has 0 amide bonds. The summed E-state index contributed by atoms with van der Waals surface area (Å²) in [6.45, 7) is 3.58. The summed E-state index contributed by atoms with van der Waals surface area (Å²) in [5.74, 6) is 1.59. The Morgan fingerprint density at radius 1 is 1.67 bits per heavy atom. The van der Waals surface area contributed by atoms with Crippen molar-refractivity contribution in [2.75, 3.05) is 31.2 Å². The molecule has 0 aromatic carbocycles. The van der Waals surface area contributed by atoms with Gasteiger partial charge in [0.2, 0.25) is 0 Å². The quantitative estimate of drug-likeness (QED) is 0.770. The van der Waals surface area contributed by atoms with Crippen LogP contribution in [0.4, 0.5) is 0 Å². The first-order valence-electron chi connectivity index (χ1n) is 5.27. The minimum absolute atomic E-state index is 0.177. The zero-order chi connectivity index (χ0) is 10.9. The monoisotopic (exact) mass is 231 g/mol. The third kappa shape index (κ3) is 2.65. The van der Waals surface area contributed by atoms with E-state index < -0.39 is 5.97 Å². The fraction of sp³-hybridized carbons (Fsp3) is 0.900. The van der Waals surface area contributed by atoms with E-state index in [4.69, 9.17) is 9.84 Å². The Bertz CT molecular complexity index is 247. The third-order valence-corrected chi connectivity index (χ3v) is 4.19. The molecule has 86 valence electrons. The lowest BCUT2D eigenvalue weighted by atomic mass is 9.94. The first-order chi connectivity index (χ1) is 7.09. The van der Waals surface area contributed by atoms with Gasteiger partial charge in [0.15, 0.2) is 0 Å². The van der Waals surface area contributed by atoms with Gasteiger partial charge in [-0.15, -0.1) is 0 Å². The number of rotatable bonds is 4. The molecule has 2 aliphatic heterocycles. The molecule has 0 aromatic heterocycles. The van der Waals surface area contributed by atoms with Crippen LogP contribution >= 0.6 is 11.8 Å². The summed E-state index contributed by atoms with van der Waals surface area (Å²) < 4.78 is 5.37. The standard InChI is InChI=1S/C10H17NO3S/c1-10(14-4-9(12)13)6-11(7-10)8-2-3-15-5-8/h8H,2-7H2,1H3,(H,12,13). The molecule has 2 heterocycles. The second-order valence-electron chi connectivity index (χ2n) is 4.55. The molecule has 2 aliphatic rings. The van der Waals surface area contributed by atoms with E-state index in [0.717, 1.165) is 13.1 Å². The largest absolute Gasteiger partial charge is 0.480 e. The van der Waals surface area contributed by atoms with Crippen molar-refractivity contribution in [3.63, 3.8) is 0 Å². The van der Waals surface area contributed by atoms with Gasteiger partial charge in [-0.1, -0.05) is 0 Å². The summed E-state index contributed by atoms with van der Waals surface area (Å²) in [5, 5.41) is 8.53. The predicted molar refractivity (Wildman–Crippen MR) is 59.3 cm³/mol. The molecular weight excluding hydrogens is 214 g/mol. The zero-order valence-corrected chi connectivity index (χ0v) is 9.76. The van der Waals surface area contributed by atoms with Crippen LogP contribution < -0.4 is 0 Å². The molecule has 2 rings (SSSR count). The maximum atomic E-state index is 10.4. The topological polar surface area (TPSA) is 49.8 Å². The summed E-state index contributed by atoms with van der Waals surface area (Å²) >= 11 is 2.00. The number of thioether (sulfide) groups is 1. The Morgan fingerprint density at radius 3 is 2.93 bits per heavy atom. The Labute approximate surface area is 94.0 Å². The van der Waals surface area contributed by atoms with E-state index in [2.05, 4.69) is 4.90 Å². The highest BCUT2D eigenvalue weighted by molar-refractivity contribution is 7.99. The van der Waals surface area contributed by atoms with Crippen molar-refractivity contribution in [3.05, 3.63) is 0 Å². The first-order valence-corrected chi connectivity index (χ1v) is 6.42. The smallest absolute Gasteiger partial charge is 0.329 e. The van der Waals surface area contributed by atoms with Crippen molar-refractivity contribution >= 4 is 17.7 Å². The molecule has 1 N–H and O–H groups in total. The van der Waals surface area contributed by atoms with Gasteiger partial charge in [0.1, 0.15) is 6.61 Å². The van der Waals surface area contributed by atoms with Gasteiger partial charge < -0.3 is 9.84 Å². The zero-order valence-electron chi connectivity index (χ0n) is 8.94. The average molecular weight is 231 g/mol. The maximum Gasteiger partial charge on any atom is 0.329 e. The summed E-state index contributed by atoms with van der Waals surface area (Å²) in [4.78, 5) is 12.8. The molecule has 0 aromatic rings. The summed E-state index contributed by atoms with van der Waals surface area (Å²) in [6.07, 6.45) is 1.26. The normalized spacial score (nSPS) is 30.1. The molecule has 5 heteroatoms. The van der Waals surface area contributed by atoms with Gasteiger partial charge in [0, 0.05) is 24.9 Å². The van der Waals surface area contributed by atoms with E-state index in [0.29, 0.717) is 6.04 Å². The number of likely N-dealkylation sites (tertiary alicyclic amines) is 1. The highest BCUT2D eigenvalue weighted by atomic mass is 32.2. The lowest BCUT2D eigenvalue weighted by Gasteiger charge is -2.50. The van der Waals surface area contributed by atoms with Gasteiger partial charge in [-0.2, -0.15) is 11.8 Å². The number of aliphatic carboxylic acids is 1. The highest BCUT2D eigenvalue weighted by Gasteiger charge is 2.43. The van der Waals surface area contributed by atoms with Crippen LogP contribution in [-0.2, 0) is 9.53 Å². The maximum absolute atomic E-state index is 10.4. The van der Waals surface area contributed by atoms with Crippen LogP contribution in [0, 0.1) is 0 Å². The summed E-state index contributed by atoms with van der Waals surface area (Å²) in [6, 6.07) is 0.691. The summed E-state index contributed by atoms with van der Waals surface area (Å²) in [7, 11) is 0. The number of hydrogen-bond donors (Lipinski definition) is 1. The second-order valence-corrected chi connectivity index (χ2v) is 5.70. The molecule has 0 bridgehead atoms. The van der Waals surface area contributed by atoms with Crippen molar-refractivity contribution in [1.29, 1.82) is 0 Å². The van der Waals surface area contributed by atoms with Crippen molar-refractivity contribution in [2.45, 2.75) is 25.0 Å². The Balaban J connectivity index is 1.73. The van der Waals surface area contributed by atoms with Crippen molar-refractivity contribution in [3.8, 4) is 0 Å². The third-order valence-electron chi connectivity index (χ3n) is 3.04. The van der Waals surface area contributed by atoms with Crippen LogP contribution in [0.2, 0.25) is 0 Å². The molecule has 0 saturated carbocycles. The van der Waals surface area contributed by atoms with Gasteiger partial charge in [0.05, 0.1) is 5.60 Å². The Morgan fingerprint density at radius 2 is 2.40 bits per heavy atom. The molecule has 1 atom stereocenters. The van der Waals surface area contributed by atoms with E-state index in [9.17, 15) is 4.79 Å². The Kier molecular flexibility index (Phi) is 3.23. The molecule has 1 unspecified atom stereocenters. The van der Waals surface area contributed by atoms with E-state index in [1.54, 1.807) is 0 Å². The lowest BCUT2D eigenvalue weighted by molar-refractivity contribution is -0.168. The van der Waals surface area contributed by atoms with Gasteiger partial charge in [-0.25, -0.2) is 4.79 Å². The summed E-state index contributed by atoms with van der Waals surface area (Å²) in [5.41, 5.74) is -0.231. The van der Waals surface area contributed by atoms with Crippen LogP contribution in [0.1, 0.15) is 13.3 Å². The van der Waals surface area contributed by atoms with E-state index >= 15 is 0 Å². The first kappa shape index (κ1) is 11.2. The van der Waals surface area contributed by atoms with Crippen LogP contribution in [-0.4, -0.2) is 58.8 Å². The van der Waals surface area contributed by atoms with E-state index in [-0.39, 0.29) is 12.2 Å².